The lowest BCUT2D eigenvalue weighted by molar-refractivity contribution is -0.136. The Bertz CT molecular complexity index is 1840. The summed E-state index contributed by atoms with van der Waals surface area (Å²) in [4.78, 5) is 31.8. The van der Waals surface area contributed by atoms with Gasteiger partial charge in [0, 0.05) is 39.0 Å². The van der Waals surface area contributed by atoms with Gasteiger partial charge in [-0.1, -0.05) is 42.5 Å². The van der Waals surface area contributed by atoms with E-state index in [1.807, 2.05) is 36.4 Å². The molecule has 198 valence electrons. The molecule has 0 aliphatic rings. The van der Waals surface area contributed by atoms with Crippen molar-refractivity contribution in [2.75, 3.05) is 0 Å². The number of hydrogen-bond donors (Lipinski definition) is 2. The molecular formula is C32H22O4S4. The van der Waals surface area contributed by atoms with Crippen molar-refractivity contribution in [2.45, 2.75) is 13.3 Å². The van der Waals surface area contributed by atoms with Gasteiger partial charge in [0.1, 0.15) is 0 Å². The molecule has 0 fully saturated rings. The molecule has 0 radical (unpaired) electrons. The Morgan fingerprint density at radius 1 is 0.600 bits per heavy atom. The fourth-order valence-corrected chi connectivity index (χ4v) is 9.28. The average molecular weight is 599 g/mol. The lowest BCUT2D eigenvalue weighted by Crippen LogP contribution is -1.99. The van der Waals surface area contributed by atoms with Crippen molar-refractivity contribution >= 4 is 57.3 Å². The van der Waals surface area contributed by atoms with Crippen LogP contribution in [0.4, 0.5) is 0 Å². The van der Waals surface area contributed by atoms with Gasteiger partial charge in [-0.05, 0) is 77.7 Å². The molecule has 0 aliphatic carbocycles. The van der Waals surface area contributed by atoms with E-state index >= 15 is 0 Å². The summed E-state index contributed by atoms with van der Waals surface area (Å²) < 4.78 is 0. The number of carboxylic acids is 2. The zero-order valence-electron chi connectivity index (χ0n) is 21.2. The van der Waals surface area contributed by atoms with E-state index in [2.05, 4.69) is 49.4 Å². The van der Waals surface area contributed by atoms with Crippen molar-refractivity contribution in [3.05, 3.63) is 108 Å². The number of carbonyl (C=O) groups is 2. The molecule has 0 saturated carbocycles. The van der Waals surface area contributed by atoms with Gasteiger partial charge >= 0.3 is 11.9 Å². The predicted molar refractivity (Wildman–Crippen MR) is 168 cm³/mol. The van der Waals surface area contributed by atoms with Crippen LogP contribution in [0.15, 0.2) is 91.0 Å². The van der Waals surface area contributed by atoms with E-state index < -0.39 is 11.9 Å². The first-order valence-corrected chi connectivity index (χ1v) is 15.7. The summed E-state index contributed by atoms with van der Waals surface area (Å²) in [6.45, 7) is 2.11. The van der Waals surface area contributed by atoms with Gasteiger partial charge in [0.05, 0.1) is 12.0 Å². The van der Waals surface area contributed by atoms with Gasteiger partial charge in [0.2, 0.25) is 0 Å². The second-order valence-corrected chi connectivity index (χ2v) is 13.5. The molecule has 8 heteroatoms. The molecule has 2 N–H and O–H groups in total. The zero-order valence-corrected chi connectivity index (χ0v) is 24.5. The third-order valence-corrected chi connectivity index (χ3v) is 11.7. The highest BCUT2D eigenvalue weighted by molar-refractivity contribution is 7.29. The van der Waals surface area contributed by atoms with Crippen molar-refractivity contribution in [1.82, 2.24) is 0 Å². The SMILES string of the molecule is Cc1cc(-c2cc(CC(=O)O)c(-c3ccc(-c4ccccc4)s3)s2)sc1-c1ccc(-c2ccc(C(=O)O)cc2)s1. The van der Waals surface area contributed by atoms with Crippen LogP contribution in [0.1, 0.15) is 21.5 Å². The van der Waals surface area contributed by atoms with Crippen molar-refractivity contribution in [1.29, 1.82) is 0 Å². The molecule has 4 heterocycles. The lowest BCUT2D eigenvalue weighted by Gasteiger charge is -1.99. The lowest BCUT2D eigenvalue weighted by atomic mass is 10.1. The normalized spacial score (nSPS) is 11.1. The Kier molecular flexibility index (Phi) is 7.25. The summed E-state index contributed by atoms with van der Waals surface area (Å²) in [5.41, 5.74) is 4.43. The molecule has 40 heavy (non-hydrogen) atoms. The number of aliphatic carboxylic acids is 1. The molecule has 0 atom stereocenters. The highest BCUT2D eigenvalue weighted by Crippen LogP contribution is 2.48. The number of aryl methyl sites for hydroxylation is 1. The number of hydrogen-bond acceptors (Lipinski definition) is 6. The van der Waals surface area contributed by atoms with Gasteiger partial charge in [-0.2, -0.15) is 0 Å². The number of carboxylic acid groups (broad SMARTS) is 2. The van der Waals surface area contributed by atoms with Gasteiger partial charge < -0.3 is 10.2 Å². The maximum Gasteiger partial charge on any atom is 0.335 e. The van der Waals surface area contributed by atoms with Crippen LogP contribution in [0.2, 0.25) is 0 Å². The highest BCUT2D eigenvalue weighted by Gasteiger charge is 2.19. The average Bonchev–Trinajstić information content (AvgIpc) is 3.75. The molecule has 4 nitrogen and oxygen atoms in total. The van der Waals surface area contributed by atoms with Gasteiger partial charge in [0.15, 0.2) is 0 Å². The minimum absolute atomic E-state index is 0.0173. The Morgan fingerprint density at radius 2 is 1.15 bits per heavy atom. The molecule has 0 bridgehead atoms. The summed E-state index contributed by atoms with van der Waals surface area (Å²) >= 11 is 6.74. The first kappa shape index (κ1) is 26.4. The van der Waals surface area contributed by atoms with E-state index in [4.69, 9.17) is 0 Å². The molecule has 4 aromatic heterocycles. The smallest absolute Gasteiger partial charge is 0.335 e. The fourth-order valence-electron chi connectivity index (χ4n) is 4.51. The van der Waals surface area contributed by atoms with Gasteiger partial charge in [0.25, 0.3) is 0 Å². The van der Waals surface area contributed by atoms with Crippen LogP contribution in [0.5, 0.6) is 0 Å². The Morgan fingerprint density at radius 3 is 1.77 bits per heavy atom. The molecule has 0 amide bonds. The molecule has 0 spiro atoms. The summed E-state index contributed by atoms with van der Waals surface area (Å²) in [6.07, 6.45) is -0.0173. The van der Waals surface area contributed by atoms with Crippen molar-refractivity contribution in [3.63, 3.8) is 0 Å². The van der Waals surface area contributed by atoms with Crippen LogP contribution in [-0.2, 0) is 11.2 Å². The third kappa shape index (κ3) is 5.31. The van der Waals surface area contributed by atoms with Gasteiger partial charge in [-0.25, -0.2) is 4.79 Å². The monoisotopic (exact) mass is 598 g/mol. The third-order valence-electron chi connectivity index (χ3n) is 6.45. The number of rotatable bonds is 8. The molecule has 2 aromatic carbocycles. The molecule has 6 rings (SSSR count). The van der Waals surface area contributed by atoms with Crippen LogP contribution >= 0.6 is 45.3 Å². The zero-order chi connectivity index (χ0) is 27.8. The summed E-state index contributed by atoms with van der Waals surface area (Å²) in [7, 11) is 0. The van der Waals surface area contributed by atoms with Crippen LogP contribution in [0, 0.1) is 6.92 Å². The summed E-state index contributed by atoms with van der Waals surface area (Å²) in [6, 6.07) is 29.8. The predicted octanol–water partition coefficient (Wildman–Crippen LogP) is 9.90. The fraction of sp³-hybridized carbons (Fsp3) is 0.0625. The maximum atomic E-state index is 11.7. The van der Waals surface area contributed by atoms with Crippen LogP contribution in [-0.4, -0.2) is 22.2 Å². The van der Waals surface area contributed by atoms with E-state index in [1.165, 1.54) is 10.4 Å². The van der Waals surface area contributed by atoms with Gasteiger partial charge in [-0.15, -0.1) is 45.3 Å². The number of thiophene rings is 4. The van der Waals surface area contributed by atoms with Crippen LogP contribution in [0.25, 0.3) is 50.1 Å². The van der Waals surface area contributed by atoms with Crippen LogP contribution in [0.3, 0.4) is 0 Å². The second-order valence-electron chi connectivity index (χ2n) is 9.23. The molecule has 0 saturated heterocycles. The van der Waals surface area contributed by atoms with Crippen molar-refractivity contribution in [3.8, 4) is 50.1 Å². The first-order valence-electron chi connectivity index (χ1n) is 12.4. The summed E-state index contributed by atoms with van der Waals surface area (Å²) in [5.74, 6) is -1.77. The largest absolute Gasteiger partial charge is 0.481 e. The quantitative estimate of drug-likeness (QED) is 0.183. The van der Waals surface area contributed by atoms with Crippen molar-refractivity contribution < 1.29 is 19.8 Å². The summed E-state index contributed by atoms with van der Waals surface area (Å²) in [5, 5.41) is 18.8. The molecule has 0 unspecified atom stereocenters. The molecular weight excluding hydrogens is 577 g/mol. The minimum Gasteiger partial charge on any atom is -0.481 e. The Labute approximate surface area is 247 Å². The second kappa shape index (κ2) is 11.0. The number of benzene rings is 2. The standard InChI is InChI=1S/C32H22O4S4/c1-18-15-27(39-30(18)25-13-11-24(37-25)20-7-9-21(10-8-20)32(35)36)28-16-22(17-29(33)34)31(40-28)26-14-12-23(38-26)19-5-3-2-4-6-19/h2-16H,17H2,1H3,(H,33,34)(H,35,36). The van der Waals surface area contributed by atoms with Crippen LogP contribution < -0.4 is 0 Å². The minimum atomic E-state index is -0.931. The van der Waals surface area contributed by atoms with E-state index in [-0.39, 0.29) is 12.0 Å². The van der Waals surface area contributed by atoms with E-state index in [0.29, 0.717) is 0 Å². The number of aromatic carboxylic acids is 1. The van der Waals surface area contributed by atoms with Crippen molar-refractivity contribution in [2.24, 2.45) is 0 Å². The molecule has 6 aromatic rings. The highest BCUT2D eigenvalue weighted by atomic mass is 32.1. The molecule has 0 aliphatic heterocycles. The van der Waals surface area contributed by atoms with E-state index in [9.17, 15) is 19.8 Å². The van der Waals surface area contributed by atoms with E-state index in [1.54, 1.807) is 57.5 Å². The topological polar surface area (TPSA) is 74.6 Å². The Balaban J connectivity index is 1.32. The first-order chi connectivity index (χ1) is 19.4. The maximum absolute atomic E-state index is 11.7. The Hall–Kier alpha value is -3.82. The van der Waals surface area contributed by atoms with Gasteiger partial charge in [-0.3, -0.25) is 4.79 Å². The van der Waals surface area contributed by atoms with E-state index in [0.717, 1.165) is 50.8 Å².